The Morgan fingerprint density at radius 2 is 2.06 bits per heavy atom. The van der Waals surface area contributed by atoms with Crippen LogP contribution in [0.25, 0.3) is 33.4 Å². The maximum Gasteiger partial charge on any atom is 0.223 e. The highest BCUT2D eigenvalue weighted by molar-refractivity contribution is 5.95. The van der Waals surface area contributed by atoms with E-state index in [-0.39, 0.29) is 18.0 Å². The van der Waals surface area contributed by atoms with Gasteiger partial charge in [0.25, 0.3) is 0 Å². The van der Waals surface area contributed by atoms with E-state index in [0.717, 1.165) is 84.2 Å². The molecule has 5 heterocycles. The molecule has 1 unspecified atom stereocenters. The number of hydrogen-bond acceptors (Lipinski definition) is 6. The third-order valence-corrected chi connectivity index (χ3v) is 6.72. The number of hydrogen-bond donors (Lipinski definition) is 2. The first kappa shape index (κ1) is 23.0. The number of anilines is 1. The Morgan fingerprint density at radius 1 is 1.17 bits per heavy atom. The number of unbranched alkanes of at least 4 members (excludes halogenated alkanes) is 1. The van der Waals surface area contributed by atoms with Gasteiger partial charge in [-0.2, -0.15) is 5.10 Å². The number of aryl methyl sites for hydroxylation is 1. The van der Waals surface area contributed by atoms with Gasteiger partial charge in [0.15, 0.2) is 0 Å². The first-order valence-electron chi connectivity index (χ1n) is 12.5. The van der Waals surface area contributed by atoms with Crippen molar-refractivity contribution in [1.82, 2.24) is 34.6 Å². The molecular weight excluding hydrogens is 440 g/mol. The number of aromatic nitrogens is 6. The Balaban J connectivity index is 1.48. The average Bonchev–Trinajstić information content (AvgIpc) is 3.54. The van der Waals surface area contributed by atoms with Crippen molar-refractivity contribution in [1.29, 1.82) is 0 Å². The highest BCUT2D eigenvalue weighted by atomic mass is 16.2. The van der Waals surface area contributed by atoms with Crippen molar-refractivity contribution in [2.24, 2.45) is 0 Å². The van der Waals surface area contributed by atoms with Gasteiger partial charge in [-0.1, -0.05) is 20.3 Å². The maximum absolute atomic E-state index is 12.5. The van der Waals surface area contributed by atoms with Crippen molar-refractivity contribution < 1.29 is 4.79 Å². The quantitative estimate of drug-likeness (QED) is 0.401. The molecule has 0 bridgehead atoms. The van der Waals surface area contributed by atoms with Gasteiger partial charge >= 0.3 is 0 Å². The van der Waals surface area contributed by atoms with Crippen molar-refractivity contribution in [2.75, 3.05) is 12.3 Å². The van der Waals surface area contributed by atoms with Gasteiger partial charge in [0.2, 0.25) is 11.9 Å². The largest absolute Gasteiger partial charge is 0.368 e. The summed E-state index contributed by atoms with van der Waals surface area (Å²) in [5, 5.41) is 5.60. The zero-order chi connectivity index (χ0) is 24.4. The number of H-pyrrole nitrogens is 1. The lowest BCUT2D eigenvalue weighted by molar-refractivity contribution is -0.137. The molecule has 0 aromatic carbocycles. The van der Waals surface area contributed by atoms with Crippen molar-refractivity contribution in [3.63, 3.8) is 0 Å². The van der Waals surface area contributed by atoms with Crippen molar-refractivity contribution in [3.8, 4) is 22.4 Å². The third-order valence-electron chi connectivity index (χ3n) is 6.72. The summed E-state index contributed by atoms with van der Waals surface area (Å²) in [5.74, 6) is 0.459. The number of nitrogen functional groups attached to an aromatic ring is 1. The Bertz CT molecular complexity index is 1340. The summed E-state index contributed by atoms with van der Waals surface area (Å²) >= 11 is 0. The number of carbonyl (C=O) groups excluding carboxylic acids is 1. The predicted molar refractivity (Wildman–Crippen MR) is 136 cm³/mol. The summed E-state index contributed by atoms with van der Waals surface area (Å²) in [4.78, 5) is 31.2. The molecule has 3 N–H and O–H groups in total. The van der Waals surface area contributed by atoms with E-state index in [4.69, 9.17) is 5.73 Å². The second-order valence-electron chi connectivity index (χ2n) is 9.15. The molecule has 5 rings (SSSR count). The molecule has 1 saturated heterocycles. The van der Waals surface area contributed by atoms with Gasteiger partial charge in [-0.15, -0.1) is 0 Å². The van der Waals surface area contributed by atoms with Crippen LogP contribution in [-0.4, -0.2) is 47.1 Å². The second kappa shape index (κ2) is 9.85. The van der Waals surface area contributed by atoms with Crippen LogP contribution < -0.4 is 5.73 Å². The van der Waals surface area contributed by atoms with E-state index < -0.39 is 0 Å². The lowest BCUT2D eigenvalue weighted by Crippen LogP contribution is -2.41. The van der Waals surface area contributed by atoms with Crippen LogP contribution in [0.15, 0.2) is 36.9 Å². The molecule has 4 aromatic heterocycles. The molecular formula is C26H32N8O. The molecule has 0 radical (unpaired) electrons. The Hall–Kier alpha value is -3.75. The highest BCUT2D eigenvalue weighted by Gasteiger charge is 2.27. The smallest absolute Gasteiger partial charge is 0.223 e. The fourth-order valence-electron chi connectivity index (χ4n) is 4.85. The molecule has 4 aromatic rings. The van der Waals surface area contributed by atoms with E-state index in [1.54, 1.807) is 0 Å². The topological polar surface area (TPSA) is 119 Å². The van der Waals surface area contributed by atoms with Gasteiger partial charge in [-0.25, -0.2) is 19.6 Å². The minimum absolute atomic E-state index is 0.0324. The van der Waals surface area contributed by atoms with E-state index in [1.807, 2.05) is 47.4 Å². The molecule has 1 atom stereocenters. The van der Waals surface area contributed by atoms with Crippen molar-refractivity contribution in [3.05, 3.63) is 42.6 Å². The highest BCUT2D eigenvalue weighted by Crippen LogP contribution is 2.32. The summed E-state index contributed by atoms with van der Waals surface area (Å²) in [6.45, 7) is 4.86. The van der Waals surface area contributed by atoms with E-state index in [1.165, 1.54) is 0 Å². The number of rotatable bonds is 7. The van der Waals surface area contributed by atoms with Crippen LogP contribution >= 0.6 is 0 Å². The monoisotopic (exact) mass is 472 g/mol. The Morgan fingerprint density at radius 3 is 2.89 bits per heavy atom. The van der Waals surface area contributed by atoms with Gasteiger partial charge in [0.1, 0.15) is 11.8 Å². The van der Waals surface area contributed by atoms with Crippen LogP contribution in [0.1, 0.15) is 64.2 Å². The van der Waals surface area contributed by atoms with E-state index in [9.17, 15) is 4.79 Å². The van der Waals surface area contributed by atoms with E-state index in [2.05, 4.69) is 38.0 Å². The molecule has 0 saturated carbocycles. The molecule has 9 heteroatoms. The molecule has 1 aliphatic rings. The van der Waals surface area contributed by atoms with Crippen molar-refractivity contribution in [2.45, 2.75) is 65.0 Å². The van der Waals surface area contributed by atoms with Gasteiger partial charge in [0, 0.05) is 59.3 Å². The molecule has 1 aliphatic heterocycles. The molecule has 0 aliphatic carbocycles. The first-order chi connectivity index (χ1) is 17.1. The number of nitrogens with two attached hydrogens (primary N) is 1. The maximum atomic E-state index is 12.5. The van der Waals surface area contributed by atoms with Gasteiger partial charge in [-0.3, -0.25) is 4.79 Å². The van der Waals surface area contributed by atoms with Gasteiger partial charge in [-0.05, 0) is 44.2 Å². The number of nitrogens with one attached hydrogen (secondary N) is 1. The number of piperidine rings is 1. The summed E-state index contributed by atoms with van der Waals surface area (Å²) in [6.07, 6.45) is 14.2. The molecule has 182 valence electrons. The summed E-state index contributed by atoms with van der Waals surface area (Å²) in [6, 6.07) is 4.12. The van der Waals surface area contributed by atoms with Gasteiger partial charge in [0.05, 0.1) is 11.9 Å². The lowest BCUT2D eigenvalue weighted by Gasteiger charge is -2.35. The predicted octanol–water partition coefficient (Wildman–Crippen LogP) is 4.73. The van der Waals surface area contributed by atoms with Crippen LogP contribution in [0.3, 0.4) is 0 Å². The Kier molecular flexibility index (Phi) is 6.48. The standard InChI is InChI=1S/C26H32N8O/c1-3-5-8-19-12-22(32-26(27)31-19)21-15-29-25-20(21)11-17(13-28-25)18-14-30-34(16-18)23-9-6-7-10-33(23)24(35)4-2/h11-16,23H,3-10H2,1-2H3,(H,28,29)(H2,27,31,32). The number of carbonyl (C=O) groups is 1. The molecule has 0 spiro atoms. The third kappa shape index (κ3) is 4.62. The number of pyridine rings is 1. The second-order valence-corrected chi connectivity index (χ2v) is 9.15. The SMILES string of the molecule is CCCCc1cc(-c2c[nH]c3ncc(-c4cnn(C5CCCCN5C(=O)CC)c4)cc23)nc(N)n1. The van der Waals surface area contributed by atoms with Crippen LogP contribution in [0.2, 0.25) is 0 Å². The average molecular weight is 473 g/mol. The van der Waals surface area contributed by atoms with E-state index >= 15 is 0 Å². The minimum atomic E-state index is -0.0324. The zero-order valence-corrected chi connectivity index (χ0v) is 20.4. The van der Waals surface area contributed by atoms with Gasteiger partial charge < -0.3 is 15.6 Å². The molecule has 9 nitrogen and oxygen atoms in total. The van der Waals surface area contributed by atoms with Crippen LogP contribution in [0.4, 0.5) is 5.95 Å². The van der Waals surface area contributed by atoms with Crippen LogP contribution in [0, 0.1) is 0 Å². The summed E-state index contributed by atoms with van der Waals surface area (Å²) in [7, 11) is 0. The number of fused-ring (bicyclic) bond motifs is 1. The minimum Gasteiger partial charge on any atom is -0.368 e. The number of amides is 1. The van der Waals surface area contributed by atoms with Crippen LogP contribution in [-0.2, 0) is 11.2 Å². The molecule has 35 heavy (non-hydrogen) atoms. The molecule has 1 fully saturated rings. The summed E-state index contributed by atoms with van der Waals surface area (Å²) < 4.78 is 1.93. The normalized spacial score (nSPS) is 16.2. The first-order valence-corrected chi connectivity index (χ1v) is 12.5. The summed E-state index contributed by atoms with van der Waals surface area (Å²) in [5.41, 5.74) is 11.4. The lowest BCUT2D eigenvalue weighted by atomic mass is 10.1. The molecule has 1 amide bonds. The fraction of sp³-hybridized carbons (Fsp3) is 0.423. The number of nitrogens with zero attached hydrogens (tertiary/aromatic N) is 6. The van der Waals surface area contributed by atoms with Crippen LogP contribution in [0.5, 0.6) is 0 Å². The zero-order valence-electron chi connectivity index (χ0n) is 20.4. The fourth-order valence-corrected chi connectivity index (χ4v) is 4.85. The Labute approximate surface area is 204 Å². The van der Waals surface area contributed by atoms with Crippen molar-refractivity contribution >= 4 is 22.9 Å². The van der Waals surface area contributed by atoms with E-state index in [0.29, 0.717) is 6.42 Å². The number of likely N-dealkylation sites (tertiary alicyclic amines) is 1. The number of aromatic amines is 1.